The van der Waals surface area contributed by atoms with Crippen molar-refractivity contribution >= 4 is 18.3 Å². The quantitative estimate of drug-likeness (QED) is 0.874. The fourth-order valence-corrected chi connectivity index (χ4v) is 1.84. The van der Waals surface area contributed by atoms with Crippen molar-refractivity contribution in [2.45, 2.75) is 25.2 Å². The predicted molar refractivity (Wildman–Crippen MR) is 73.4 cm³/mol. The summed E-state index contributed by atoms with van der Waals surface area (Å²) in [6.07, 6.45) is -2.65. The number of carbonyl (C=O) groups excluding carboxylic acids is 1. The zero-order valence-corrected chi connectivity index (χ0v) is 11.8. The fourth-order valence-electron chi connectivity index (χ4n) is 1.84. The van der Waals surface area contributed by atoms with Gasteiger partial charge in [-0.3, -0.25) is 4.79 Å². The summed E-state index contributed by atoms with van der Waals surface area (Å²) in [4.78, 5) is 11.8. The maximum absolute atomic E-state index is 12.1. The monoisotopic (exact) mass is 324 g/mol. The van der Waals surface area contributed by atoms with Gasteiger partial charge in [-0.2, -0.15) is 0 Å². The Morgan fingerprint density at radius 2 is 2.10 bits per heavy atom. The summed E-state index contributed by atoms with van der Waals surface area (Å²) in [7, 11) is 0. The summed E-state index contributed by atoms with van der Waals surface area (Å²) in [5.41, 5.74) is 5.94. The molecule has 1 saturated carbocycles. The highest BCUT2D eigenvalue weighted by Gasteiger charge is 2.31. The van der Waals surface area contributed by atoms with E-state index in [1.807, 2.05) is 0 Å². The van der Waals surface area contributed by atoms with E-state index in [1.165, 1.54) is 12.1 Å². The number of ether oxygens (including phenoxy) is 1. The first-order valence-corrected chi connectivity index (χ1v) is 6.25. The highest BCUT2D eigenvalue weighted by atomic mass is 35.5. The fraction of sp³-hybridized carbons (Fsp3) is 0.462. The lowest BCUT2D eigenvalue weighted by atomic mass is 10.1. The molecule has 1 fully saturated rings. The second-order valence-corrected chi connectivity index (χ2v) is 4.79. The number of amides is 1. The van der Waals surface area contributed by atoms with E-state index in [-0.39, 0.29) is 24.0 Å². The molecule has 1 amide bonds. The van der Waals surface area contributed by atoms with Gasteiger partial charge in [-0.05, 0) is 37.0 Å². The molecule has 118 valence electrons. The van der Waals surface area contributed by atoms with Crippen molar-refractivity contribution in [3.05, 3.63) is 29.8 Å². The van der Waals surface area contributed by atoms with Crippen molar-refractivity contribution < 1.29 is 22.7 Å². The van der Waals surface area contributed by atoms with Crippen molar-refractivity contribution in [3.8, 4) is 5.75 Å². The van der Waals surface area contributed by atoms with Crippen LogP contribution in [-0.4, -0.2) is 24.9 Å². The smallest absolute Gasteiger partial charge is 0.406 e. The van der Waals surface area contributed by atoms with Crippen LogP contribution in [0.25, 0.3) is 0 Å². The molecule has 1 aliphatic rings. The van der Waals surface area contributed by atoms with Crippen LogP contribution in [0.1, 0.15) is 23.2 Å². The molecule has 3 N–H and O–H groups in total. The van der Waals surface area contributed by atoms with Gasteiger partial charge in [0, 0.05) is 18.2 Å². The van der Waals surface area contributed by atoms with E-state index in [1.54, 1.807) is 0 Å². The Morgan fingerprint density at radius 3 is 2.67 bits per heavy atom. The van der Waals surface area contributed by atoms with E-state index >= 15 is 0 Å². The van der Waals surface area contributed by atoms with Crippen LogP contribution in [0.2, 0.25) is 0 Å². The summed E-state index contributed by atoms with van der Waals surface area (Å²) < 4.78 is 40.0. The Morgan fingerprint density at radius 1 is 1.43 bits per heavy atom. The van der Waals surface area contributed by atoms with Gasteiger partial charge in [-0.25, -0.2) is 0 Å². The Balaban J connectivity index is 0.00000220. The Labute approximate surface area is 126 Å². The minimum absolute atomic E-state index is 0. The minimum atomic E-state index is -4.77. The van der Waals surface area contributed by atoms with Gasteiger partial charge in [0.1, 0.15) is 5.75 Å². The molecule has 0 bridgehead atoms. The summed E-state index contributed by atoms with van der Waals surface area (Å²) in [6.45, 7) is 0.313. The molecule has 0 spiro atoms. The number of hydrogen-bond acceptors (Lipinski definition) is 3. The molecule has 2 rings (SSSR count). The van der Waals surface area contributed by atoms with Crippen molar-refractivity contribution in [1.82, 2.24) is 5.32 Å². The molecule has 1 aliphatic carbocycles. The summed E-state index contributed by atoms with van der Waals surface area (Å²) in [5.74, 6) is -0.444. The van der Waals surface area contributed by atoms with E-state index in [0.29, 0.717) is 12.5 Å². The van der Waals surface area contributed by atoms with Crippen molar-refractivity contribution in [2.24, 2.45) is 11.7 Å². The molecule has 21 heavy (non-hydrogen) atoms. The summed E-state index contributed by atoms with van der Waals surface area (Å²) in [6, 6.07) is 4.83. The minimum Gasteiger partial charge on any atom is -0.406 e. The van der Waals surface area contributed by atoms with Crippen LogP contribution < -0.4 is 15.8 Å². The van der Waals surface area contributed by atoms with Gasteiger partial charge in [-0.1, -0.05) is 6.07 Å². The average Bonchev–Trinajstić information content (AvgIpc) is 3.18. The van der Waals surface area contributed by atoms with Gasteiger partial charge in [0.2, 0.25) is 0 Å². The number of halogens is 4. The number of alkyl halides is 3. The van der Waals surface area contributed by atoms with Crippen LogP contribution in [0.3, 0.4) is 0 Å². The van der Waals surface area contributed by atoms with Gasteiger partial charge < -0.3 is 15.8 Å². The van der Waals surface area contributed by atoms with Gasteiger partial charge in [0.05, 0.1) is 0 Å². The first kappa shape index (κ1) is 17.6. The molecular formula is C13H16ClF3N2O2. The van der Waals surface area contributed by atoms with E-state index in [2.05, 4.69) is 10.1 Å². The van der Waals surface area contributed by atoms with Crippen LogP contribution in [0.15, 0.2) is 24.3 Å². The highest BCUT2D eigenvalue weighted by Crippen LogP contribution is 2.31. The lowest BCUT2D eigenvalue weighted by Crippen LogP contribution is -2.38. The predicted octanol–water partition coefficient (Wildman–Crippen LogP) is 2.47. The van der Waals surface area contributed by atoms with Crippen molar-refractivity contribution in [1.29, 1.82) is 0 Å². The van der Waals surface area contributed by atoms with Crippen LogP contribution in [0.5, 0.6) is 5.75 Å². The first-order chi connectivity index (χ1) is 9.35. The van der Waals surface area contributed by atoms with Crippen molar-refractivity contribution in [3.63, 3.8) is 0 Å². The Bertz CT molecular complexity index is 493. The van der Waals surface area contributed by atoms with Crippen LogP contribution in [-0.2, 0) is 0 Å². The molecule has 8 heteroatoms. The van der Waals surface area contributed by atoms with Crippen LogP contribution in [0, 0.1) is 5.92 Å². The molecule has 0 aromatic heterocycles. The van der Waals surface area contributed by atoms with Crippen LogP contribution in [0.4, 0.5) is 13.2 Å². The zero-order valence-electron chi connectivity index (χ0n) is 11.0. The molecular weight excluding hydrogens is 309 g/mol. The van der Waals surface area contributed by atoms with Gasteiger partial charge in [0.15, 0.2) is 0 Å². The summed E-state index contributed by atoms with van der Waals surface area (Å²) in [5, 5.41) is 2.61. The molecule has 1 aromatic carbocycles. The number of rotatable bonds is 5. The maximum atomic E-state index is 12.1. The zero-order chi connectivity index (χ0) is 14.8. The molecule has 1 unspecified atom stereocenters. The van der Waals surface area contributed by atoms with Crippen molar-refractivity contribution in [2.75, 3.05) is 6.54 Å². The average molecular weight is 325 g/mol. The Hall–Kier alpha value is -1.47. The van der Waals surface area contributed by atoms with E-state index in [4.69, 9.17) is 5.73 Å². The molecule has 0 heterocycles. The standard InChI is InChI=1S/C13H15F3N2O2.ClH/c14-13(15,16)20-10-3-1-2-9(6-10)12(19)18-7-11(17)8-4-5-8;/h1-3,6,8,11H,4-5,7,17H2,(H,18,19);1H. The molecule has 0 aliphatic heterocycles. The normalized spacial score (nSPS) is 15.8. The second kappa shape index (κ2) is 7.00. The molecule has 0 saturated heterocycles. The molecule has 1 atom stereocenters. The molecule has 4 nitrogen and oxygen atoms in total. The number of hydrogen-bond donors (Lipinski definition) is 2. The Kier molecular flexibility index (Phi) is 5.86. The summed E-state index contributed by atoms with van der Waals surface area (Å²) >= 11 is 0. The van der Waals surface area contributed by atoms with Crippen LogP contribution >= 0.6 is 12.4 Å². The van der Waals surface area contributed by atoms with Gasteiger partial charge in [0.25, 0.3) is 5.91 Å². The first-order valence-electron chi connectivity index (χ1n) is 6.25. The molecule has 0 radical (unpaired) electrons. The third-order valence-electron chi connectivity index (χ3n) is 3.06. The third-order valence-corrected chi connectivity index (χ3v) is 3.06. The van der Waals surface area contributed by atoms with Gasteiger partial charge in [-0.15, -0.1) is 25.6 Å². The number of nitrogens with one attached hydrogen (secondary N) is 1. The number of carbonyl (C=O) groups is 1. The second-order valence-electron chi connectivity index (χ2n) is 4.79. The SMILES string of the molecule is Cl.NC(CNC(=O)c1cccc(OC(F)(F)F)c1)C1CC1. The number of nitrogens with two attached hydrogens (primary N) is 1. The van der Waals surface area contributed by atoms with E-state index in [0.717, 1.165) is 25.0 Å². The van der Waals surface area contributed by atoms with E-state index in [9.17, 15) is 18.0 Å². The highest BCUT2D eigenvalue weighted by molar-refractivity contribution is 5.94. The topological polar surface area (TPSA) is 64.3 Å². The number of benzene rings is 1. The van der Waals surface area contributed by atoms with E-state index < -0.39 is 18.0 Å². The maximum Gasteiger partial charge on any atom is 0.573 e. The lowest BCUT2D eigenvalue weighted by molar-refractivity contribution is -0.274. The largest absolute Gasteiger partial charge is 0.573 e. The molecule has 1 aromatic rings. The van der Waals surface area contributed by atoms with Gasteiger partial charge >= 0.3 is 6.36 Å². The third kappa shape index (κ3) is 5.81. The lowest BCUT2D eigenvalue weighted by Gasteiger charge is -2.12.